The predicted molar refractivity (Wildman–Crippen MR) is 115 cm³/mol. The number of rotatable bonds is 4. The van der Waals surface area contributed by atoms with Gasteiger partial charge in [-0.2, -0.15) is 0 Å². The first-order valence-electron chi connectivity index (χ1n) is 10.1. The quantitative estimate of drug-likeness (QED) is 0.625. The van der Waals surface area contributed by atoms with Crippen LogP contribution in [0.5, 0.6) is 0 Å². The number of aryl methyl sites for hydroxylation is 2. The van der Waals surface area contributed by atoms with Crippen molar-refractivity contribution in [1.82, 2.24) is 10.3 Å². The number of nitrogens with zero attached hydrogens (tertiary/aromatic N) is 1. The Kier molecular flexibility index (Phi) is 11.2. The van der Waals surface area contributed by atoms with Crippen LogP contribution in [0.4, 0.5) is 0 Å². The Hall–Kier alpha value is -1.38. The van der Waals surface area contributed by atoms with Gasteiger partial charge in [0.1, 0.15) is 0 Å². The van der Waals surface area contributed by atoms with Crippen molar-refractivity contribution in [3.63, 3.8) is 0 Å². The average Bonchev–Trinajstić information content (AvgIpc) is 2.81. The van der Waals surface area contributed by atoms with Crippen LogP contribution in [-0.4, -0.2) is 18.1 Å². The molecular formula is C23H35ClN2. The van der Waals surface area contributed by atoms with Crippen LogP contribution in [0.15, 0.2) is 36.5 Å². The van der Waals surface area contributed by atoms with E-state index < -0.39 is 0 Å². The fourth-order valence-electron chi connectivity index (χ4n) is 3.16. The van der Waals surface area contributed by atoms with E-state index >= 15 is 0 Å². The van der Waals surface area contributed by atoms with Gasteiger partial charge in [0.15, 0.2) is 0 Å². The van der Waals surface area contributed by atoms with Crippen molar-refractivity contribution in [2.75, 3.05) is 13.1 Å². The number of halogens is 1. The summed E-state index contributed by atoms with van der Waals surface area (Å²) < 4.78 is 0. The van der Waals surface area contributed by atoms with Gasteiger partial charge in [-0.3, -0.25) is 4.98 Å². The summed E-state index contributed by atoms with van der Waals surface area (Å²) in [5.41, 5.74) is 5.32. The van der Waals surface area contributed by atoms with Crippen LogP contribution in [0.2, 0.25) is 5.02 Å². The molecule has 0 aliphatic heterocycles. The first kappa shape index (κ1) is 22.7. The van der Waals surface area contributed by atoms with Gasteiger partial charge in [0.05, 0.1) is 5.69 Å². The standard InChI is InChI=1S/C15H14ClN.C6H15N.C2H6/c1-10-14-7-6-13(16)9-12(14)5-4-11-3-2-8-17-15(10)11;1-3-5-7-6-4-2;1-2/h2-3,6-10H,4-5H2,1H3;7H,3-6H2,1-2H3;1-2H3. The molecule has 3 heteroatoms. The lowest BCUT2D eigenvalue weighted by molar-refractivity contribution is 0.662. The Labute approximate surface area is 165 Å². The largest absolute Gasteiger partial charge is 0.317 e. The molecule has 1 N–H and O–H groups in total. The van der Waals surface area contributed by atoms with Gasteiger partial charge in [-0.1, -0.05) is 58.4 Å². The van der Waals surface area contributed by atoms with Crippen LogP contribution in [-0.2, 0) is 12.8 Å². The second kappa shape index (κ2) is 12.9. The summed E-state index contributed by atoms with van der Waals surface area (Å²) in [6, 6.07) is 10.4. The van der Waals surface area contributed by atoms with Gasteiger partial charge >= 0.3 is 0 Å². The first-order chi connectivity index (χ1) is 12.7. The maximum atomic E-state index is 6.07. The molecule has 2 nitrogen and oxygen atoms in total. The van der Waals surface area contributed by atoms with Crippen molar-refractivity contribution in [2.45, 2.75) is 66.2 Å². The summed E-state index contributed by atoms with van der Waals surface area (Å²) in [5, 5.41) is 4.11. The summed E-state index contributed by atoms with van der Waals surface area (Å²) in [6.45, 7) is 12.9. The number of pyridine rings is 1. The Morgan fingerprint density at radius 2 is 1.69 bits per heavy atom. The molecule has 0 amide bonds. The molecular weight excluding hydrogens is 340 g/mol. The average molecular weight is 375 g/mol. The zero-order valence-corrected chi connectivity index (χ0v) is 17.9. The van der Waals surface area contributed by atoms with Gasteiger partial charge in [0.25, 0.3) is 0 Å². The van der Waals surface area contributed by atoms with Gasteiger partial charge in [-0.25, -0.2) is 0 Å². The summed E-state index contributed by atoms with van der Waals surface area (Å²) in [5.74, 6) is 0.362. The van der Waals surface area contributed by atoms with Gasteiger partial charge in [-0.05, 0) is 73.7 Å². The third kappa shape index (κ3) is 6.74. The summed E-state index contributed by atoms with van der Waals surface area (Å²) in [4.78, 5) is 4.55. The van der Waals surface area contributed by atoms with E-state index in [2.05, 4.69) is 49.3 Å². The Balaban J connectivity index is 0.000000321. The monoisotopic (exact) mass is 374 g/mol. The molecule has 0 bridgehead atoms. The summed E-state index contributed by atoms with van der Waals surface area (Å²) in [7, 11) is 0. The maximum absolute atomic E-state index is 6.07. The molecule has 0 spiro atoms. The molecule has 1 aliphatic rings. The van der Waals surface area contributed by atoms with E-state index in [0.717, 1.165) is 17.9 Å². The fourth-order valence-corrected chi connectivity index (χ4v) is 3.36. The highest BCUT2D eigenvalue weighted by molar-refractivity contribution is 6.30. The molecule has 1 atom stereocenters. The number of nitrogens with one attached hydrogen (secondary N) is 1. The lowest BCUT2D eigenvalue weighted by Gasteiger charge is -2.14. The maximum Gasteiger partial charge on any atom is 0.0507 e. The SMILES string of the molecule is CC.CC1c2ccc(Cl)cc2CCc2cccnc21.CCCNCCC. The number of fused-ring (bicyclic) bond motifs is 2. The molecule has 144 valence electrons. The molecule has 0 fully saturated rings. The molecule has 1 aromatic carbocycles. The first-order valence-corrected chi connectivity index (χ1v) is 10.5. The van der Waals surface area contributed by atoms with Crippen molar-refractivity contribution >= 4 is 11.6 Å². The Morgan fingerprint density at radius 3 is 2.35 bits per heavy atom. The van der Waals surface area contributed by atoms with E-state index in [9.17, 15) is 0 Å². The van der Waals surface area contributed by atoms with E-state index in [0.29, 0.717) is 5.92 Å². The second-order valence-electron chi connectivity index (χ2n) is 6.36. The van der Waals surface area contributed by atoms with Gasteiger partial charge < -0.3 is 5.32 Å². The van der Waals surface area contributed by atoms with Crippen LogP contribution in [0.25, 0.3) is 0 Å². The van der Waals surface area contributed by atoms with Crippen LogP contribution < -0.4 is 5.32 Å². The highest BCUT2D eigenvalue weighted by Crippen LogP contribution is 2.33. The van der Waals surface area contributed by atoms with E-state index in [-0.39, 0.29) is 0 Å². The predicted octanol–water partition coefficient (Wildman–Crippen LogP) is 6.41. The Bertz CT molecular complexity index is 636. The normalized spacial score (nSPS) is 14.6. The zero-order valence-electron chi connectivity index (χ0n) is 17.1. The minimum Gasteiger partial charge on any atom is -0.317 e. The molecule has 0 saturated heterocycles. The lowest BCUT2D eigenvalue weighted by Crippen LogP contribution is -2.14. The van der Waals surface area contributed by atoms with Crippen molar-refractivity contribution in [3.05, 3.63) is 63.9 Å². The van der Waals surface area contributed by atoms with E-state index in [1.807, 2.05) is 32.2 Å². The zero-order chi connectivity index (χ0) is 19.4. The highest BCUT2D eigenvalue weighted by Gasteiger charge is 2.20. The van der Waals surface area contributed by atoms with Crippen LogP contribution in [0, 0.1) is 0 Å². The Morgan fingerprint density at radius 1 is 1.04 bits per heavy atom. The molecule has 26 heavy (non-hydrogen) atoms. The van der Waals surface area contributed by atoms with E-state index in [1.54, 1.807) is 0 Å². The minimum absolute atomic E-state index is 0.362. The highest BCUT2D eigenvalue weighted by atomic mass is 35.5. The molecule has 1 heterocycles. The number of benzene rings is 1. The van der Waals surface area contributed by atoms with Crippen LogP contribution in [0.3, 0.4) is 0 Å². The van der Waals surface area contributed by atoms with Crippen molar-refractivity contribution in [1.29, 1.82) is 0 Å². The molecule has 3 rings (SSSR count). The molecule has 1 unspecified atom stereocenters. The molecule has 0 saturated carbocycles. The summed E-state index contributed by atoms with van der Waals surface area (Å²) >= 11 is 6.07. The molecule has 1 aromatic heterocycles. The summed E-state index contributed by atoms with van der Waals surface area (Å²) in [6.07, 6.45) is 6.50. The fraction of sp³-hybridized carbons (Fsp3) is 0.522. The minimum atomic E-state index is 0.362. The van der Waals surface area contributed by atoms with E-state index in [1.165, 1.54) is 48.3 Å². The second-order valence-corrected chi connectivity index (χ2v) is 6.80. The number of aromatic nitrogens is 1. The van der Waals surface area contributed by atoms with E-state index in [4.69, 9.17) is 11.6 Å². The van der Waals surface area contributed by atoms with Crippen molar-refractivity contribution < 1.29 is 0 Å². The third-order valence-electron chi connectivity index (χ3n) is 4.43. The van der Waals surface area contributed by atoms with Crippen LogP contribution in [0.1, 0.15) is 75.8 Å². The van der Waals surface area contributed by atoms with Gasteiger partial charge in [-0.15, -0.1) is 0 Å². The van der Waals surface area contributed by atoms with Crippen molar-refractivity contribution in [3.8, 4) is 0 Å². The molecule has 0 radical (unpaired) electrons. The number of hydrogen-bond donors (Lipinski definition) is 1. The number of hydrogen-bond acceptors (Lipinski definition) is 2. The smallest absolute Gasteiger partial charge is 0.0507 e. The van der Waals surface area contributed by atoms with Crippen LogP contribution >= 0.6 is 11.6 Å². The topological polar surface area (TPSA) is 24.9 Å². The van der Waals surface area contributed by atoms with Gasteiger partial charge in [0, 0.05) is 17.1 Å². The molecule has 1 aliphatic carbocycles. The van der Waals surface area contributed by atoms with Crippen molar-refractivity contribution in [2.24, 2.45) is 0 Å². The lowest BCUT2D eigenvalue weighted by atomic mass is 9.93. The van der Waals surface area contributed by atoms with Gasteiger partial charge in [0.2, 0.25) is 0 Å². The third-order valence-corrected chi connectivity index (χ3v) is 4.66. The molecule has 2 aromatic rings.